The Morgan fingerprint density at radius 2 is 1.96 bits per heavy atom. The summed E-state index contributed by atoms with van der Waals surface area (Å²) < 4.78 is 0. The molecule has 0 bridgehead atoms. The van der Waals surface area contributed by atoms with Gasteiger partial charge in [-0.2, -0.15) is 0 Å². The fourth-order valence-electron chi connectivity index (χ4n) is 2.19. The maximum absolute atomic E-state index is 12.6. The summed E-state index contributed by atoms with van der Waals surface area (Å²) in [7, 11) is 0. The zero-order valence-corrected chi connectivity index (χ0v) is 14.2. The van der Waals surface area contributed by atoms with Gasteiger partial charge < -0.3 is 11.1 Å². The van der Waals surface area contributed by atoms with Crippen LogP contribution in [0.1, 0.15) is 38.1 Å². The van der Waals surface area contributed by atoms with Crippen molar-refractivity contribution in [2.45, 2.75) is 19.4 Å². The van der Waals surface area contributed by atoms with E-state index in [2.05, 4.69) is 22.4 Å². The quantitative estimate of drug-likeness (QED) is 0.744. The molecular formula is C16H16N4OS2. The molecular weight excluding hydrogens is 328 g/mol. The molecule has 2 aromatic heterocycles. The summed E-state index contributed by atoms with van der Waals surface area (Å²) >= 11 is 2.79. The number of nitrogen functional groups attached to an aromatic ring is 1. The van der Waals surface area contributed by atoms with E-state index in [1.807, 2.05) is 42.5 Å². The molecule has 0 aliphatic rings. The molecule has 1 aromatic carbocycles. The Balaban J connectivity index is 1.88. The highest BCUT2D eigenvalue weighted by atomic mass is 32.1. The first-order valence-corrected chi connectivity index (χ1v) is 8.84. The van der Waals surface area contributed by atoms with Gasteiger partial charge >= 0.3 is 0 Å². The molecule has 1 amide bonds. The van der Waals surface area contributed by atoms with Crippen LogP contribution in [-0.4, -0.2) is 16.1 Å². The van der Waals surface area contributed by atoms with Crippen LogP contribution in [0, 0.1) is 0 Å². The molecule has 118 valence electrons. The van der Waals surface area contributed by atoms with E-state index in [4.69, 9.17) is 5.73 Å². The number of carbonyl (C=O) groups is 1. The molecule has 5 nitrogen and oxygen atoms in total. The number of hydrogen-bond donors (Lipinski definition) is 2. The summed E-state index contributed by atoms with van der Waals surface area (Å²) in [5, 5.41) is 12.1. The minimum atomic E-state index is -0.356. The lowest BCUT2D eigenvalue weighted by Gasteiger charge is -2.16. The smallest absolute Gasteiger partial charge is 0.262 e. The number of thiophene rings is 1. The molecule has 7 heteroatoms. The molecule has 0 aliphatic heterocycles. The SMILES string of the molecule is CCc1ccc(C(=O)N[C@H](c2ccccc2)c2nnc(N)s2)s1. The standard InChI is InChI=1S/C16H16N4OS2/c1-2-11-8-9-12(22-11)14(21)18-13(10-6-4-3-5-7-10)15-19-20-16(17)23-15/h3-9,13H,2H2,1H3,(H2,17,20)(H,18,21)/t13-/m1/s1. The van der Waals surface area contributed by atoms with Crippen LogP contribution >= 0.6 is 22.7 Å². The molecule has 3 aromatic rings. The summed E-state index contributed by atoms with van der Waals surface area (Å²) in [5.74, 6) is -0.114. The van der Waals surface area contributed by atoms with Gasteiger partial charge in [0.05, 0.1) is 4.88 Å². The topological polar surface area (TPSA) is 80.9 Å². The molecule has 0 radical (unpaired) electrons. The number of nitrogens with one attached hydrogen (secondary N) is 1. The first kappa shape index (κ1) is 15.6. The number of benzene rings is 1. The average Bonchev–Trinajstić information content (AvgIpc) is 3.22. The maximum Gasteiger partial charge on any atom is 0.262 e. The van der Waals surface area contributed by atoms with Crippen LogP contribution in [-0.2, 0) is 6.42 Å². The van der Waals surface area contributed by atoms with Gasteiger partial charge in [-0.1, -0.05) is 48.6 Å². The average molecular weight is 344 g/mol. The number of anilines is 1. The van der Waals surface area contributed by atoms with Crippen molar-refractivity contribution in [2.75, 3.05) is 5.73 Å². The molecule has 0 fully saturated rings. The lowest BCUT2D eigenvalue weighted by molar-refractivity contribution is 0.0947. The van der Waals surface area contributed by atoms with Crippen LogP contribution in [0.3, 0.4) is 0 Å². The first-order valence-electron chi connectivity index (χ1n) is 7.20. The Bertz CT molecular complexity index is 797. The predicted octanol–water partition coefficient (Wildman–Crippen LogP) is 3.26. The van der Waals surface area contributed by atoms with Crippen LogP contribution in [0.15, 0.2) is 42.5 Å². The van der Waals surface area contributed by atoms with Crippen LogP contribution in [0.4, 0.5) is 5.13 Å². The van der Waals surface area contributed by atoms with Gasteiger partial charge in [0.25, 0.3) is 5.91 Å². The van der Waals surface area contributed by atoms with Crippen molar-refractivity contribution in [1.82, 2.24) is 15.5 Å². The van der Waals surface area contributed by atoms with Gasteiger partial charge in [0.1, 0.15) is 11.0 Å². The number of amides is 1. The number of carbonyl (C=O) groups excluding carboxylic acids is 1. The second-order valence-electron chi connectivity index (χ2n) is 4.92. The number of hydrogen-bond acceptors (Lipinski definition) is 6. The van der Waals surface area contributed by atoms with Crippen LogP contribution < -0.4 is 11.1 Å². The third-order valence-electron chi connectivity index (χ3n) is 3.35. The van der Waals surface area contributed by atoms with Crippen molar-refractivity contribution in [2.24, 2.45) is 0 Å². The van der Waals surface area contributed by atoms with Gasteiger partial charge in [0.15, 0.2) is 0 Å². The van der Waals surface area contributed by atoms with Crippen molar-refractivity contribution in [3.8, 4) is 0 Å². The molecule has 3 N–H and O–H groups in total. The van der Waals surface area contributed by atoms with Crippen LogP contribution in [0.5, 0.6) is 0 Å². The molecule has 1 atom stereocenters. The van der Waals surface area contributed by atoms with E-state index in [0.717, 1.165) is 12.0 Å². The second-order valence-corrected chi connectivity index (χ2v) is 7.12. The summed E-state index contributed by atoms with van der Waals surface area (Å²) in [6.07, 6.45) is 0.924. The molecule has 2 heterocycles. The zero-order valence-electron chi connectivity index (χ0n) is 12.5. The molecule has 0 spiro atoms. The van der Waals surface area contributed by atoms with Gasteiger partial charge in [-0.05, 0) is 24.1 Å². The summed E-state index contributed by atoms with van der Waals surface area (Å²) in [4.78, 5) is 14.4. The highest BCUT2D eigenvalue weighted by molar-refractivity contribution is 7.15. The summed E-state index contributed by atoms with van der Waals surface area (Å²) in [6.45, 7) is 2.07. The number of aryl methyl sites for hydroxylation is 1. The van der Waals surface area contributed by atoms with Crippen molar-refractivity contribution < 1.29 is 4.79 Å². The summed E-state index contributed by atoms with van der Waals surface area (Å²) in [5.41, 5.74) is 6.64. The third kappa shape index (κ3) is 3.57. The van der Waals surface area contributed by atoms with Crippen molar-refractivity contribution >= 4 is 33.7 Å². The number of rotatable bonds is 5. The predicted molar refractivity (Wildman–Crippen MR) is 93.8 cm³/mol. The monoisotopic (exact) mass is 344 g/mol. The normalized spacial score (nSPS) is 12.0. The fourth-order valence-corrected chi connectivity index (χ4v) is 3.73. The van der Waals surface area contributed by atoms with E-state index < -0.39 is 0 Å². The molecule has 0 aliphatic carbocycles. The molecule has 3 rings (SSSR count). The van der Waals surface area contributed by atoms with Crippen LogP contribution in [0.2, 0.25) is 0 Å². The number of aromatic nitrogens is 2. The van der Waals surface area contributed by atoms with E-state index in [0.29, 0.717) is 15.0 Å². The van der Waals surface area contributed by atoms with E-state index in [1.165, 1.54) is 27.6 Å². The first-order chi connectivity index (χ1) is 11.2. The second kappa shape index (κ2) is 6.89. The van der Waals surface area contributed by atoms with Gasteiger partial charge in [-0.25, -0.2) is 0 Å². The lowest BCUT2D eigenvalue weighted by Crippen LogP contribution is -2.28. The Hall–Kier alpha value is -2.25. The Kier molecular flexibility index (Phi) is 4.68. The van der Waals surface area contributed by atoms with Gasteiger partial charge in [0, 0.05) is 4.88 Å². The summed E-state index contributed by atoms with van der Waals surface area (Å²) in [6, 6.07) is 13.2. The Labute approximate surface area is 142 Å². The Morgan fingerprint density at radius 1 is 1.17 bits per heavy atom. The van der Waals surface area contributed by atoms with Crippen LogP contribution in [0.25, 0.3) is 0 Å². The molecule has 0 unspecified atom stereocenters. The highest BCUT2D eigenvalue weighted by Gasteiger charge is 2.22. The molecule has 23 heavy (non-hydrogen) atoms. The number of nitrogens with two attached hydrogens (primary N) is 1. The van der Waals surface area contributed by atoms with Crippen molar-refractivity contribution in [3.63, 3.8) is 0 Å². The largest absolute Gasteiger partial charge is 0.374 e. The van der Waals surface area contributed by atoms with E-state index in [-0.39, 0.29) is 11.9 Å². The minimum Gasteiger partial charge on any atom is -0.374 e. The van der Waals surface area contributed by atoms with Crippen molar-refractivity contribution in [3.05, 3.63) is 62.8 Å². The van der Waals surface area contributed by atoms with Crippen molar-refractivity contribution in [1.29, 1.82) is 0 Å². The van der Waals surface area contributed by atoms with Gasteiger partial charge in [0.2, 0.25) is 5.13 Å². The molecule has 0 saturated heterocycles. The van der Waals surface area contributed by atoms with Gasteiger partial charge in [-0.15, -0.1) is 21.5 Å². The van der Waals surface area contributed by atoms with E-state index >= 15 is 0 Å². The van der Waals surface area contributed by atoms with E-state index in [9.17, 15) is 4.79 Å². The lowest BCUT2D eigenvalue weighted by atomic mass is 10.1. The zero-order chi connectivity index (χ0) is 16.2. The molecule has 0 saturated carbocycles. The highest BCUT2D eigenvalue weighted by Crippen LogP contribution is 2.27. The minimum absolute atomic E-state index is 0.114. The van der Waals surface area contributed by atoms with E-state index in [1.54, 1.807) is 0 Å². The third-order valence-corrected chi connectivity index (χ3v) is 5.39. The maximum atomic E-state index is 12.6. The Morgan fingerprint density at radius 3 is 2.57 bits per heavy atom. The fraction of sp³-hybridized carbons (Fsp3) is 0.188. The van der Waals surface area contributed by atoms with Gasteiger partial charge in [-0.3, -0.25) is 4.79 Å². The number of nitrogens with zero attached hydrogens (tertiary/aromatic N) is 2.